The average molecular weight is 439 g/mol. The van der Waals surface area contributed by atoms with E-state index >= 15 is 0 Å². The number of nitrogens with two attached hydrogens (primary N) is 1. The van der Waals surface area contributed by atoms with Gasteiger partial charge in [-0.15, -0.1) is 22.4 Å². The molecule has 0 aromatic carbocycles. The Hall–Kier alpha value is -0.0551. The molecule has 22 heavy (non-hydrogen) atoms. The molecule has 1 atom stereocenters. The number of hydrogen-bond acceptors (Lipinski definition) is 6. The van der Waals surface area contributed by atoms with E-state index in [4.69, 9.17) is 5.73 Å². The van der Waals surface area contributed by atoms with Crippen LogP contribution in [0.3, 0.4) is 0 Å². The SMILES string of the molecule is NCCNCCNCCNCCN1C(=O)C=C(B(P)I)C1=O. The van der Waals surface area contributed by atoms with E-state index in [0.717, 1.165) is 32.7 Å². The molecule has 1 aliphatic rings. The quantitative estimate of drug-likeness (QED) is 0.0957. The number of nitrogens with zero attached hydrogens (tertiary/aromatic N) is 1. The first-order valence-corrected chi connectivity index (χ1v) is 9.28. The minimum Gasteiger partial charge on any atom is -0.329 e. The highest BCUT2D eigenvalue weighted by atomic mass is 127. The van der Waals surface area contributed by atoms with E-state index in [1.165, 1.54) is 11.0 Å². The van der Waals surface area contributed by atoms with E-state index in [1.54, 1.807) is 0 Å². The van der Waals surface area contributed by atoms with Crippen LogP contribution in [-0.4, -0.2) is 73.4 Å². The van der Waals surface area contributed by atoms with Crippen LogP contribution in [0.4, 0.5) is 0 Å². The second-order valence-corrected chi connectivity index (χ2v) is 8.20. The normalized spacial score (nSPS) is 14.7. The van der Waals surface area contributed by atoms with Crippen LogP contribution in [0.15, 0.2) is 11.5 Å². The standard InChI is InChI=1S/C12H24BIN5O2P/c14-13(22)10-9-11(20)19(12(10)21)8-7-18-6-5-17-4-3-16-2-1-15/h9,16-18H,1-8,15,22H2. The molecule has 2 amide bonds. The van der Waals surface area contributed by atoms with Gasteiger partial charge in [-0.3, -0.25) is 14.5 Å². The fourth-order valence-electron chi connectivity index (χ4n) is 1.96. The van der Waals surface area contributed by atoms with Gasteiger partial charge < -0.3 is 21.7 Å². The predicted molar refractivity (Wildman–Crippen MR) is 102 cm³/mol. The summed E-state index contributed by atoms with van der Waals surface area (Å²) in [6, 6.07) is 0. The Morgan fingerprint density at radius 3 is 2.14 bits per heavy atom. The molecule has 1 rings (SSSR count). The molecule has 0 spiro atoms. The zero-order valence-electron chi connectivity index (χ0n) is 12.6. The number of hydrogen-bond donors (Lipinski definition) is 4. The first kappa shape index (κ1) is 20.0. The number of nitrogens with one attached hydrogen (secondary N) is 3. The van der Waals surface area contributed by atoms with Crippen molar-refractivity contribution in [3.05, 3.63) is 11.5 Å². The molecule has 0 aromatic rings. The smallest absolute Gasteiger partial charge is 0.278 e. The summed E-state index contributed by atoms with van der Waals surface area (Å²) in [6.45, 7) is 5.93. The van der Waals surface area contributed by atoms with Crippen LogP contribution in [0, 0.1) is 0 Å². The van der Waals surface area contributed by atoms with Crippen molar-refractivity contribution in [2.24, 2.45) is 5.73 Å². The Labute approximate surface area is 147 Å². The largest absolute Gasteiger partial charge is 0.329 e. The van der Waals surface area contributed by atoms with Gasteiger partial charge in [0.25, 0.3) is 10.2 Å². The molecule has 0 aromatic heterocycles. The second-order valence-electron chi connectivity index (χ2n) is 4.84. The molecule has 0 fully saturated rings. The fourth-order valence-corrected chi connectivity index (χ4v) is 2.64. The van der Waals surface area contributed by atoms with E-state index < -0.39 is 0 Å². The molecule has 0 aliphatic carbocycles. The number of amides is 2. The fraction of sp³-hybridized carbons (Fsp3) is 0.667. The van der Waals surface area contributed by atoms with E-state index in [2.05, 4.69) is 47.4 Å². The van der Waals surface area contributed by atoms with Crippen molar-refractivity contribution >= 4 is 47.6 Å². The lowest BCUT2D eigenvalue weighted by Crippen LogP contribution is -2.39. The van der Waals surface area contributed by atoms with Crippen molar-refractivity contribution in [2.45, 2.75) is 0 Å². The van der Waals surface area contributed by atoms with Crippen molar-refractivity contribution in [3.8, 4) is 0 Å². The molecule has 10 heteroatoms. The van der Waals surface area contributed by atoms with Gasteiger partial charge in [-0.25, -0.2) is 0 Å². The molecule has 1 heterocycles. The first-order valence-electron chi connectivity index (χ1n) is 7.37. The van der Waals surface area contributed by atoms with E-state index in [-0.39, 0.29) is 16.1 Å². The molecule has 0 radical (unpaired) electrons. The van der Waals surface area contributed by atoms with Crippen molar-refractivity contribution < 1.29 is 9.59 Å². The Morgan fingerprint density at radius 2 is 1.64 bits per heavy atom. The maximum Gasteiger partial charge on any atom is 0.278 e. The molecule has 0 saturated carbocycles. The summed E-state index contributed by atoms with van der Waals surface area (Å²) >= 11 is 2.11. The summed E-state index contributed by atoms with van der Waals surface area (Å²) in [5, 5.41) is 9.70. The highest BCUT2D eigenvalue weighted by Crippen LogP contribution is 2.22. The summed E-state index contributed by atoms with van der Waals surface area (Å²) in [6.07, 6.45) is 1.43. The van der Waals surface area contributed by atoms with E-state index in [0.29, 0.717) is 25.1 Å². The van der Waals surface area contributed by atoms with Crippen molar-refractivity contribution in [3.63, 3.8) is 0 Å². The number of halogens is 1. The molecule has 0 saturated heterocycles. The zero-order chi connectivity index (χ0) is 16.4. The highest BCUT2D eigenvalue weighted by Gasteiger charge is 2.33. The molecule has 0 bridgehead atoms. The van der Waals surface area contributed by atoms with Crippen molar-refractivity contribution in [1.29, 1.82) is 0 Å². The minimum atomic E-state index is -0.213. The molecular formula is C12H24BIN5O2P. The van der Waals surface area contributed by atoms with Crippen LogP contribution in [0.1, 0.15) is 0 Å². The second kappa shape index (κ2) is 11.5. The molecule has 5 N–H and O–H groups in total. The lowest BCUT2D eigenvalue weighted by Gasteiger charge is -2.15. The summed E-state index contributed by atoms with van der Waals surface area (Å²) in [5.41, 5.74) is 5.93. The van der Waals surface area contributed by atoms with Gasteiger partial charge in [0.2, 0.25) is 5.91 Å². The monoisotopic (exact) mass is 439 g/mol. The van der Waals surface area contributed by atoms with Gasteiger partial charge in [0.1, 0.15) is 0 Å². The van der Waals surface area contributed by atoms with E-state index in [1.807, 2.05) is 0 Å². The van der Waals surface area contributed by atoms with Gasteiger partial charge in [0.05, 0.1) is 0 Å². The van der Waals surface area contributed by atoms with Gasteiger partial charge >= 0.3 is 0 Å². The third kappa shape index (κ3) is 7.01. The van der Waals surface area contributed by atoms with Gasteiger partial charge in [0.15, 0.2) is 0 Å². The lowest BCUT2D eigenvalue weighted by molar-refractivity contribution is -0.136. The predicted octanol–water partition coefficient (Wildman–Crippen LogP) is -1.65. The van der Waals surface area contributed by atoms with Gasteiger partial charge in [0, 0.05) is 63.9 Å². The van der Waals surface area contributed by atoms with Crippen molar-refractivity contribution in [2.75, 3.05) is 52.4 Å². The maximum absolute atomic E-state index is 12.0. The highest BCUT2D eigenvalue weighted by molar-refractivity contribution is 14.1. The molecular weight excluding hydrogens is 415 g/mol. The number of rotatable bonds is 12. The summed E-state index contributed by atoms with van der Waals surface area (Å²) < 4.78 is -0.0240. The van der Waals surface area contributed by atoms with Crippen LogP contribution >= 0.6 is 31.5 Å². The third-order valence-corrected chi connectivity index (χ3v) is 4.15. The van der Waals surface area contributed by atoms with Crippen LogP contribution in [-0.2, 0) is 9.59 Å². The van der Waals surface area contributed by atoms with Crippen LogP contribution in [0.25, 0.3) is 0 Å². The van der Waals surface area contributed by atoms with Gasteiger partial charge in [-0.1, -0.05) is 0 Å². The first-order chi connectivity index (χ1) is 10.6. The minimum absolute atomic E-state index is 0.0240. The Morgan fingerprint density at radius 1 is 1.09 bits per heavy atom. The number of imide groups is 1. The van der Waals surface area contributed by atoms with Crippen LogP contribution in [0.2, 0.25) is 0 Å². The lowest BCUT2D eigenvalue weighted by atomic mass is 9.94. The summed E-state index contributed by atoms with van der Waals surface area (Å²) in [4.78, 5) is 25.1. The summed E-state index contributed by atoms with van der Waals surface area (Å²) in [5.74, 6) is -0.389. The molecule has 1 unspecified atom stereocenters. The topological polar surface area (TPSA) is 99.5 Å². The maximum atomic E-state index is 12.0. The van der Waals surface area contributed by atoms with Crippen LogP contribution < -0.4 is 21.7 Å². The Bertz CT molecular complexity index is 411. The van der Waals surface area contributed by atoms with Gasteiger partial charge in [-0.2, -0.15) is 9.12 Å². The third-order valence-electron chi connectivity index (χ3n) is 3.12. The van der Waals surface area contributed by atoms with Crippen molar-refractivity contribution in [1.82, 2.24) is 20.9 Å². The number of carbonyl (C=O) groups excluding carboxylic acids is 2. The molecule has 1 aliphatic heterocycles. The zero-order valence-corrected chi connectivity index (χ0v) is 15.9. The molecule has 124 valence electrons. The van der Waals surface area contributed by atoms with E-state index in [9.17, 15) is 9.59 Å². The Balaban J connectivity index is 2.04. The summed E-state index contributed by atoms with van der Waals surface area (Å²) in [7, 11) is 2.53. The molecule has 7 nitrogen and oxygen atoms in total. The van der Waals surface area contributed by atoms with Crippen LogP contribution in [0.5, 0.6) is 0 Å². The average Bonchev–Trinajstić information content (AvgIpc) is 2.77. The number of carbonyl (C=O) groups is 2. The van der Waals surface area contributed by atoms with Gasteiger partial charge in [-0.05, 0) is 0 Å². The Kier molecular flexibility index (Phi) is 10.4.